The fourth-order valence-electron chi connectivity index (χ4n) is 3.86. The van der Waals surface area contributed by atoms with Crippen molar-refractivity contribution in [2.24, 2.45) is 16.0 Å². The Bertz CT molecular complexity index is 1190. The third-order valence-electron chi connectivity index (χ3n) is 6.02. The SMILES string of the molecule is Cc1cc(C2=NOC(c3cc(Cl)c(Cl)c(Cl)c3)(C(C)(C)C)C2)sc1C(=O)NCC(=O)NCC(C)(C)C. The molecule has 1 aromatic heterocycles. The number of hydrogen-bond acceptors (Lipinski definition) is 5. The number of benzene rings is 1. The van der Waals surface area contributed by atoms with Crippen molar-refractivity contribution >= 4 is 63.7 Å². The van der Waals surface area contributed by atoms with Crippen molar-refractivity contribution in [3.8, 4) is 0 Å². The summed E-state index contributed by atoms with van der Waals surface area (Å²) in [7, 11) is 0. The first-order valence-corrected chi connectivity index (χ1v) is 13.5. The molecule has 1 aromatic carbocycles. The normalized spacial score (nSPS) is 18.0. The average Bonchev–Trinajstić information content (AvgIpc) is 3.38. The van der Waals surface area contributed by atoms with Crippen molar-refractivity contribution in [2.45, 2.75) is 60.5 Å². The summed E-state index contributed by atoms with van der Waals surface area (Å²) in [4.78, 5) is 32.4. The summed E-state index contributed by atoms with van der Waals surface area (Å²) in [5.41, 5.74) is 1.07. The molecule has 0 aliphatic carbocycles. The predicted molar refractivity (Wildman–Crippen MR) is 149 cm³/mol. The molecule has 2 heterocycles. The molecule has 36 heavy (non-hydrogen) atoms. The van der Waals surface area contributed by atoms with E-state index in [4.69, 9.17) is 39.6 Å². The molecule has 0 saturated carbocycles. The number of thiophene rings is 1. The van der Waals surface area contributed by atoms with Gasteiger partial charge in [0.1, 0.15) is 5.71 Å². The second-order valence-corrected chi connectivity index (χ2v) is 13.5. The Kier molecular flexibility index (Phi) is 8.41. The van der Waals surface area contributed by atoms with Gasteiger partial charge in [-0.3, -0.25) is 9.59 Å². The molecular weight excluding hydrogens is 541 g/mol. The number of oxime groups is 1. The van der Waals surface area contributed by atoms with Gasteiger partial charge in [0.25, 0.3) is 5.91 Å². The van der Waals surface area contributed by atoms with Crippen LogP contribution in [0.2, 0.25) is 15.1 Å². The smallest absolute Gasteiger partial charge is 0.262 e. The molecule has 0 saturated heterocycles. The summed E-state index contributed by atoms with van der Waals surface area (Å²) in [5.74, 6) is -0.524. The highest BCUT2D eigenvalue weighted by atomic mass is 35.5. The first kappa shape index (κ1) is 28.8. The number of amides is 2. The van der Waals surface area contributed by atoms with E-state index in [1.807, 2.05) is 33.8 Å². The van der Waals surface area contributed by atoms with E-state index in [1.54, 1.807) is 12.1 Å². The molecule has 0 fully saturated rings. The van der Waals surface area contributed by atoms with Crippen LogP contribution in [-0.2, 0) is 15.2 Å². The lowest BCUT2D eigenvalue weighted by Gasteiger charge is -2.39. The maximum absolute atomic E-state index is 12.8. The van der Waals surface area contributed by atoms with Crippen LogP contribution < -0.4 is 10.6 Å². The molecule has 6 nitrogen and oxygen atoms in total. The molecular formula is C26H32Cl3N3O3S. The van der Waals surface area contributed by atoms with Crippen LogP contribution in [0.1, 0.15) is 73.6 Å². The quantitative estimate of drug-likeness (QED) is 0.367. The minimum absolute atomic E-state index is 0.0338. The summed E-state index contributed by atoms with van der Waals surface area (Å²) in [6, 6.07) is 5.45. The van der Waals surface area contributed by atoms with Gasteiger partial charge in [-0.15, -0.1) is 11.3 Å². The van der Waals surface area contributed by atoms with Crippen LogP contribution in [0, 0.1) is 17.8 Å². The van der Waals surface area contributed by atoms with E-state index in [-0.39, 0.29) is 29.2 Å². The number of nitrogens with one attached hydrogen (secondary N) is 2. The molecule has 10 heteroatoms. The lowest BCUT2D eigenvalue weighted by Crippen LogP contribution is -2.40. The highest BCUT2D eigenvalue weighted by Gasteiger charge is 2.51. The fraction of sp³-hybridized carbons (Fsp3) is 0.500. The summed E-state index contributed by atoms with van der Waals surface area (Å²) in [6.45, 7) is 14.6. The summed E-state index contributed by atoms with van der Waals surface area (Å²) >= 11 is 20.2. The lowest BCUT2D eigenvalue weighted by molar-refractivity contribution is -0.120. The van der Waals surface area contributed by atoms with Gasteiger partial charge < -0.3 is 15.5 Å². The van der Waals surface area contributed by atoms with Gasteiger partial charge in [-0.1, -0.05) is 81.5 Å². The van der Waals surface area contributed by atoms with Crippen molar-refractivity contribution in [1.29, 1.82) is 0 Å². The van der Waals surface area contributed by atoms with Crippen LogP contribution in [0.3, 0.4) is 0 Å². The largest absolute Gasteiger partial charge is 0.383 e. The van der Waals surface area contributed by atoms with Gasteiger partial charge in [0, 0.05) is 23.9 Å². The minimum Gasteiger partial charge on any atom is -0.383 e. The maximum Gasteiger partial charge on any atom is 0.262 e. The van der Waals surface area contributed by atoms with Gasteiger partial charge in [-0.25, -0.2) is 0 Å². The van der Waals surface area contributed by atoms with Gasteiger partial charge in [-0.2, -0.15) is 0 Å². The van der Waals surface area contributed by atoms with E-state index in [2.05, 4.69) is 36.6 Å². The number of carbonyl (C=O) groups excluding carboxylic acids is 2. The molecule has 1 atom stereocenters. The maximum atomic E-state index is 12.8. The predicted octanol–water partition coefficient (Wildman–Crippen LogP) is 6.97. The third-order valence-corrected chi connectivity index (χ3v) is 8.51. The number of rotatable bonds is 6. The van der Waals surface area contributed by atoms with Crippen LogP contribution in [0.5, 0.6) is 0 Å². The average molecular weight is 573 g/mol. The molecule has 0 spiro atoms. The zero-order chi connectivity index (χ0) is 27.1. The van der Waals surface area contributed by atoms with Crippen molar-refractivity contribution < 1.29 is 14.4 Å². The van der Waals surface area contributed by atoms with Gasteiger partial charge in [0.15, 0.2) is 5.60 Å². The van der Waals surface area contributed by atoms with E-state index < -0.39 is 5.60 Å². The van der Waals surface area contributed by atoms with E-state index in [9.17, 15) is 9.59 Å². The summed E-state index contributed by atoms with van der Waals surface area (Å²) in [6.07, 6.45) is 0.459. The number of carbonyl (C=O) groups is 2. The Hall–Kier alpha value is -1.80. The van der Waals surface area contributed by atoms with E-state index >= 15 is 0 Å². The molecule has 2 aromatic rings. The van der Waals surface area contributed by atoms with Crippen LogP contribution in [0.25, 0.3) is 0 Å². The highest BCUT2D eigenvalue weighted by Crippen LogP contribution is 2.51. The van der Waals surface area contributed by atoms with Gasteiger partial charge in [-0.05, 0) is 36.1 Å². The zero-order valence-corrected chi connectivity index (χ0v) is 24.7. The van der Waals surface area contributed by atoms with Gasteiger partial charge in [0.2, 0.25) is 5.91 Å². The Balaban J connectivity index is 1.78. The second-order valence-electron chi connectivity index (χ2n) is 11.3. The topological polar surface area (TPSA) is 79.8 Å². The second kappa shape index (κ2) is 10.5. The summed E-state index contributed by atoms with van der Waals surface area (Å²) in [5, 5.41) is 11.0. The van der Waals surface area contributed by atoms with Crippen molar-refractivity contribution in [3.05, 3.63) is 54.1 Å². The molecule has 2 N–H and O–H groups in total. The van der Waals surface area contributed by atoms with E-state index in [0.717, 1.165) is 21.7 Å². The van der Waals surface area contributed by atoms with Gasteiger partial charge in [0.05, 0.1) is 31.4 Å². The standard InChI is InChI=1S/C26H32Cl3N3O3S/c1-14-8-19(36-22(14)23(34)30-12-20(33)31-13-24(2,3)4)18-11-26(35-32-18,25(5,6)7)15-9-16(27)21(29)17(28)10-15/h8-10H,11-13H2,1-7H3,(H,30,34)(H,31,33). The van der Waals surface area contributed by atoms with Crippen LogP contribution in [0.15, 0.2) is 23.4 Å². The fourth-order valence-corrected chi connectivity index (χ4v) is 5.52. The Morgan fingerprint density at radius 1 is 1.06 bits per heavy atom. The Labute approximate surface area is 231 Å². The van der Waals surface area contributed by atoms with E-state index in [1.165, 1.54) is 11.3 Å². The number of aryl methyl sites for hydroxylation is 1. The molecule has 196 valence electrons. The molecule has 2 amide bonds. The zero-order valence-electron chi connectivity index (χ0n) is 21.6. The number of halogens is 3. The van der Waals surface area contributed by atoms with Crippen molar-refractivity contribution in [3.63, 3.8) is 0 Å². The lowest BCUT2D eigenvalue weighted by atomic mass is 9.69. The molecule has 0 bridgehead atoms. The molecule has 0 radical (unpaired) electrons. The first-order valence-electron chi connectivity index (χ1n) is 11.6. The highest BCUT2D eigenvalue weighted by molar-refractivity contribution is 7.16. The number of hydrogen-bond donors (Lipinski definition) is 2. The molecule has 1 unspecified atom stereocenters. The molecule has 1 aliphatic rings. The van der Waals surface area contributed by atoms with Crippen molar-refractivity contribution in [1.82, 2.24) is 10.6 Å². The molecule has 1 aliphatic heterocycles. The van der Waals surface area contributed by atoms with Crippen LogP contribution in [0.4, 0.5) is 0 Å². The van der Waals surface area contributed by atoms with Crippen LogP contribution >= 0.6 is 46.1 Å². The number of nitrogens with zero attached hydrogens (tertiary/aromatic N) is 1. The molecule has 3 rings (SSSR count). The Morgan fingerprint density at radius 3 is 2.22 bits per heavy atom. The Morgan fingerprint density at radius 2 is 1.67 bits per heavy atom. The minimum atomic E-state index is -0.828. The first-order chi connectivity index (χ1) is 16.5. The third kappa shape index (κ3) is 6.18. The van der Waals surface area contributed by atoms with Crippen LogP contribution in [-0.4, -0.2) is 30.6 Å². The monoisotopic (exact) mass is 571 g/mol. The van der Waals surface area contributed by atoms with Crippen molar-refractivity contribution in [2.75, 3.05) is 13.1 Å². The summed E-state index contributed by atoms with van der Waals surface area (Å²) < 4.78 is 0. The van der Waals surface area contributed by atoms with Gasteiger partial charge >= 0.3 is 0 Å². The van der Waals surface area contributed by atoms with E-state index in [0.29, 0.717) is 32.9 Å².